The van der Waals surface area contributed by atoms with Gasteiger partial charge in [-0.05, 0) is 85.5 Å². The summed E-state index contributed by atoms with van der Waals surface area (Å²) in [6.45, 7) is 11.1. The van der Waals surface area contributed by atoms with E-state index < -0.39 is 11.6 Å². The molecule has 0 fully saturated rings. The number of rotatable bonds is 7. The molecule has 5 rings (SSSR count). The molecule has 0 radical (unpaired) electrons. The lowest BCUT2D eigenvalue weighted by Gasteiger charge is -2.33. The second kappa shape index (κ2) is 10.7. The van der Waals surface area contributed by atoms with Crippen LogP contribution < -0.4 is 5.56 Å². The molecule has 0 bridgehead atoms. The van der Waals surface area contributed by atoms with Gasteiger partial charge in [0.2, 0.25) is 0 Å². The van der Waals surface area contributed by atoms with Crippen LogP contribution in [-0.4, -0.2) is 35.1 Å². The SMILES string of the molecule is Cc1ccc(C)c2[nH]c(=O)c([C@H](c3nnnn3C(C)(C)C)N(Cc3cccnc3)Cc3ccccc3Cl)cc12. The van der Waals surface area contributed by atoms with Gasteiger partial charge in [-0.25, -0.2) is 4.68 Å². The molecular formula is C30H32ClN7O. The largest absolute Gasteiger partial charge is 0.321 e. The van der Waals surface area contributed by atoms with Crippen LogP contribution in [0.5, 0.6) is 0 Å². The number of H-pyrrole nitrogens is 1. The van der Waals surface area contributed by atoms with Crippen molar-refractivity contribution in [2.24, 2.45) is 0 Å². The molecule has 8 nitrogen and oxygen atoms in total. The summed E-state index contributed by atoms with van der Waals surface area (Å²) < 4.78 is 1.80. The Balaban J connectivity index is 1.77. The fourth-order valence-corrected chi connectivity index (χ4v) is 5.14. The molecular weight excluding hydrogens is 510 g/mol. The lowest BCUT2D eigenvalue weighted by atomic mass is 9.98. The van der Waals surface area contributed by atoms with Crippen molar-refractivity contribution in [1.82, 2.24) is 35.1 Å². The predicted molar refractivity (Wildman–Crippen MR) is 154 cm³/mol. The summed E-state index contributed by atoms with van der Waals surface area (Å²) >= 11 is 6.65. The normalized spacial score (nSPS) is 12.8. The third-order valence-corrected chi connectivity index (χ3v) is 7.31. The lowest BCUT2D eigenvalue weighted by Crippen LogP contribution is -2.37. The van der Waals surface area contributed by atoms with Crippen molar-refractivity contribution in [3.8, 4) is 0 Å². The molecule has 2 aromatic carbocycles. The highest BCUT2D eigenvalue weighted by molar-refractivity contribution is 6.31. The highest BCUT2D eigenvalue weighted by Crippen LogP contribution is 2.33. The third-order valence-electron chi connectivity index (χ3n) is 6.95. The summed E-state index contributed by atoms with van der Waals surface area (Å²) in [6.07, 6.45) is 3.58. The van der Waals surface area contributed by atoms with Gasteiger partial charge in [-0.1, -0.05) is 48.0 Å². The number of hydrogen-bond donors (Lipinski definition) is 1. The third kappa shape index (κ3) is 5.48. The molecule has 9 heteroatoms. The van der Waals surface area contributed by atoms with Gasteiger partial charge in [-0.3, -0.25) is 14.7 Å². The Labute approximate surface area is 232 Å². The van der Waals surface area contributed by atoms with Crippen molar-refractivity contribution in [2.45, 2.75) is 59.3 Å². The summed E-state index contributed by atoms with van der Waals surface area (Å²) in [6, 6.07) is 17.2. The lowest BCUT2D eigenvalue weighted by molar-refractivity contribution is 0.184. The number of benzene rings is 2. The number of aromatic amines is 1. The van der Waals surface area contributed by atoms with Crippen LogP contribution in [0.15, 0.2) is 71.8 Å². The Morgan fingerprint density at radius 3 is 2.51 bits per heavy atom. The minimum atomic E-state index is -0.580. The smallest absolute Gasteiger partial charge is 0.253 e. The summed E-state index contributed by atoms with van der Waals surface area (Å²) in [5, 5.41) is 14.6. The standard InChI is InChI=1S/C30H32ClN7O/c1-19-12-13-20(2)26-23(19)15-24(29(39)33-26)27(28-34-35-36-38(28)30(3,4)5)37(17-21-9-8-14-32-16-21)18-22-10-6-7-11-25(22)31/h6-16,27H,17-18H2,1-5H3,(H,33,39)/t27-/m1/s1. The number of fused-ring (bicyclic) bond motifs is 1. The zero-order valence-corrected chi connectivity index (χ0v) is 23.6. The van der Waals surface area contributed by atoms with E-state index >= 15 is 0 Å². The van der Waals surface area contributed by atoms with Crippen LogP contribution in [0, 0.1) is 13.8 Å². The summed E-state index contributed by atoms with van der Waals surface area (Å²) in [7, 11) is 0. The quantitative estimate of drug-likeness (QED) is 0.283. The second-order valence-electron chi connectivity index (χ2n) is 10.9. The molecule has 0 aliphatic carbocycles. The van der Waals surface area contributed by atoms with Crippen LogP contribution in [0.4, 0.5) is 0 Å². The number of nitrogens with zero attached hydrogens (tertiary/aromatic N) is 6. The molecule has 1 atom stereocenters. The fourth-order valence-electron chi connectivity index (χ4n) is 4.95. The van der Waals surface area contributed by atoms with Gasteiger partial charge in [-0.15, -0.1) is 5.10 Å². The van der Waals surface area contributed by atoms with E-state index in [9.17, 15) is 4.79 Å². The molecule has 3 aromatic heterocycles. The molecule has 1 N–H and O–H groups in total. The van der Waals surface area contributed by atoms with Crippen molar-refractivity contribution < 1.29 is 0 Å². The van der Waals surface area contributed by atoms with Crippen molar-refractivity contribution in [3.63, 3.8) is 0 Å². The predicted octanol–water partition coefficient (Wildman–Crippen LogP) is 5.73. The van der Waals surface area contributed by atoms with E-state index in [0.29, 0.717) is 29.5 Å². The van der Waals surface area contributed by atoms with Crippen LogP contribution in [-0.2, 0) is 18.6 Å². The summed E-state index contributed by atoms with van der Waals surface area (Å²) in [5.74, 6) is 0.577. The maximum absolute atomic E-state index is 13.9. The van der Waals surface area contributed by atoms with Crippen LogP contribution in [0.1, 0.15) is 60.5 Å². The van der Waals surface area contributed by atoms with Crippen molar-refractivity contribution in [3.05, 3.63) is 116 Å². The van der Waals surface area contributed by atoms with Crippen molar-refractivity contribution >= 4 is 22.5 Å². The first-order chi connectivity index (χ1) is 18.6. The first-order valence-corrected chi connectivity index (χ1v) is 13.3. The highest BCUT2D eigenvalue weighted by Gasteiger charge is 2.34. The second-order valence-corrected chi connectivity index (χ2v) is 11.3. The Morgan fingerprint density at radius 1 is 1.03 bits per heavy atom. The average molecular weight is 542 g/mol. The average Bonchev–Trinajstić information content (AvgIpc) is 3.39. The molecule has 0 spiro atoms. The van der Waals surface area contributed by atoms with Gasteiger partial charge >= 0.3 is 0 Å². The zero-order chi connectivity index (χ0) is 27.7. The van der Waals surface area contributed by atoms with Crippen LogP contribution in [0.25, 0.3) is 10.9 Å². The molecule has 0 saturated heterocycles. The monoisotopic (exact) mass is 541 g/mol. The van der Waals surface area contributed by atoms with Gasteiger partial charge in [0.1, 0.15) is 6.04 Å². The van der Waals surface area contributed by atoms with Gasteiger partial charge in [0.15, 0.2) is 5.82 Å². The van der Waals surface area contributed by atoms with E-state index in [1.165, 1.54) is 0 Å². The minimum Gasteiger partial charge on any atom is -0.321 e. The first kappa shape index (κ1) is 26.7. The zero-order valence-electron chi connectivity index (χ0n) is 22.8. The van der Waals surface area contributed by atoms with Gasteiger partial charge in [0.05, 0.1) is 11.1 Å². The highest BCUT2D eigenvalue weighted by atomic mass is 35.5. The summed E-state index contributed by atoms with van der Waals surface area (Å²) in [4.78, 5) is 23.6. The molecule has 0 amide bonds. The Kier molecular flexibility index (Phi) is 7.34. The molecule has 0 saturated carbocycles. The molecule has 0 aliphatic heterocycles. The van der Waals surface area contributed by atoms with Crippen molar-refractivity contribution in [1.29, 1.82) is 0 Å². The number of tetrazole rings is 1. The van der Waals surface area contributed by atoms with Crippen LogP contribution in [0.3, 0.4) is 0 Å². The van der Waals surface area contributed by atoms with E-state index in [-0.39, 0.29) is 5.56 Å². The van der Waals surface area contributed by atoms with Gasteiger partial charge in [-0.2, -0.15) is 0 Å². The number of hydrogen-bond acceptors (Lipinski definition) is 6. The van der Waals surface area contributed by atoms with E-state index in [2.05, 4.69) is 43.4 Å². The Hall–Kier alpha value is -3.88. The van der Waals surface area contributed by atoms with E-state index in [0.717, 1.165) is 33.2 Å². The molecule has 200 valence electrons. The number of nitrogens with one attached hydrogen (secondary N) is 1. The minimum absolute atomic E-state index is 0.181. The number of pyridine rings is 2. The molecule has 5 aromatic rings. The Morgan fingerprint density at radius 2 is 1.79 bits per heavy atom. The van der Waals surface area contributed by atoms with Crippen molar-refractivity contribution in [2.75, 3.05) is 0 Å². The topological polar surface area (TPSA) is 92.6 Å². The first-order valence-electron chi connectivity index (χ1n) is 12.9. The molecule has 0 unspecified atom stereocenters. The van der Waals surface area contributed by atoms with Gasteiger partial charge in [0, 0.05) is 41.5 Å². The maximum atomic E-state index is 13.9. The maximum Gasteiger partial charge on any atom is 0.253 e. The van der Waals surface area contributed by atoms with E-state index in [1.807, 2.05) is 82.4 Å². The number of halogens is 1. The van der Waals surface area contributed by atoms with Gasteiger partial charge in [0.25, 0.3) is 5.56 Å². The Bertz CT molecular complexity index is 1670. The molecule has 3 heterocycles. The van der Waals surface area contributed by atoms with Gasteiger partial charge < -0.3 is 4.98 Å². The van der Waals surface area contributed by atoms with E-state index in [1.54, 1.807) is 10.9 Å². The summed E-state index contributed by atoms with van der Waals surface area (Å²) in [5.41, 5.74) is 4.82. The number of aryl methyl sites for hydroxylation is 2. The molecule has 0 aliphatic rings. The number of aromatic nitrogens is 6. The van der Waals surface area contributed by atoms with Crippen LogP contribution >= 0.6 is 11.6 Å². The molecule has 39 heavy (non-hydrogen) atoms. The van der Waals surface area contributed by atoms with E-state index in [4.69, 9.17) is 11.6 Å². The van der Waals surface area contributed by atoms with Crippen LogP contribution in [0.2, 0.25) is 5.02 Å². The fraction of sp³-hybridized carbons (Fsp3) is 0.300.